The Hall–Kier alpha value is -0.340. The average molecular weight is 296 g/mol. The third-order valence-corrected chi connectivity index (χ3v) is 4.38. The van der Waals surface area contributed by atoms with E-state index < -0.39 is 0 Å². The number of halogens is 1. The summed E-state index contributed by atoms with van der Waals surface area (Å²) < 4.78 is 1.18. The van der Waals surface area contributed by atoms with Crippen LogP contribution in [0, 0.1) is 11.3 Å². The highest BCUT2D eigenvalue weighted by molar-refractivity contribution is 9.10. The Morgan fingerprint density at radius 3 is 2.71 bits per heavy atom. The fourth-order valence-electron chi connectivity index (χ4n) is 2.73. The largest absolute Gasteiger partial charge is 0.314 e. The van der Waals surface area contributed by atoms with Crippen LogP contribution in [0.1, 0.15) is 32.8 Å². The quantitative estimate of drug-likeness (QED) is 0.865. The lowest BCUT2D eigenvalue weighted by atomic mass is 9.97. The molecule has 0 amide bonds. The highest BCUT2D eigenvalue weighted by Gasteiger charge is 2.49. The van der Waals surface area contributed by atoms with Crippen LogP contribution in [0.15, 0.2) is 28.7 Å². The normalized spacial score (nSPS) is 23.4. The van der Waals surface area contributed by atoms with Crippen molar-refractivity contribution in [3.05, 3.63) is 34.3 Å². The summed E-state index contributed by atoms with van der Waals surface area (Å²) in [6.45, 7) is 8.01. The second kappa shape index (κ2) is 5.11. The topological polar surface area (TPSA) is 12.0 Å². The van der Waals surface area contributed by atoms with Crippen LogP contribution in [0.2, 0.25) is 0 Å². The van der Waals surface area contributed by atoms with Crippen molar-refractivity contribution in [1.82, 2.24) is 5.32 Å². The third-order valence-electron chi connectivity index (χ3n) is 3.89. The summed E-state index contributed by atoms with van der Waals surface area (Å²) in [5, 5.41) is 3.65. The third kappa shape index (κ3) is 3.32. The van der Waals surface area contributed by atoms with Crippen LogP contribution in [0.5, 0.6) is 0 Å². The minimum absolute atomic E-state index is 0.541. The SMILES string of the molecule is CCNC(Cc1cccc(Br)c1)C1CC1(C)C. The molecular formula is C15H22BrN. The molecule has 94 valence electrons. The van der Waals surface area contributed by atoms with Gasteiger partial charge in [0.2, 0.25) is 0 Å². The van der Waals surface area contributed by atoms with E-state index in [1.165, 1.54) is 16.5 Å². The summed E-state index contributed by atoms with van der Waals surface area (Å²) in [4.78, 5) is 0. The van der Waals surface area contributed by atoms with Crippen molar-refractivity contribution in [2.75, 3.05) is 6.54 Å². The van der Waals surface area contributed by atoms with E-state index >= 15 is 0 Å². The van der Waals surface area contributed by atoms with E-state index in [4.69, 9.17) is 0 Å². The molecule has 1 aromatic carbocycles. The van der Waals surface area contributed by atoms with Gasteiger partial charge in [0.25, 0.3) is 0 Å². The summed E-state index contributed by atoms with van der Waals surface area (Å²) in [7, 11) is 0. The monoisotopic (exact) mass is 295 g/mol. The van der Waals surface area contributed by atoms with E-state index in [9.17, 15) is 0 Å². The number of hydrogen-bond donors (Lipinski definition) is 1. The molecule has 1 aromatic rings. The standard InChI is InChI=1S/C15H22BrN/c1-4-17-14(13-10-15(13,2)3)9-11-6-5-7-12(16)8-11/h5-8,13-14,17H,4,9-10H2,1-3H3. The molecule has 0 radical (unpaired) electrons. The zero-order valence-electron chi connectivity index (χ0n) is 11.0. The van der Waals surface area contributed by atoms with E-state index in [0.717, 1.165) is 18.9 Å². The summed E-state index contributed by atoms with van der Waals surface area (Å²) in [6.07, 6.45) is 2.50. The molecule has 2 unspecified atom stereocenters. The first-order valence-corrected chi connectivity index (χ1v) is 7.30. The summed E-state index contributed by atoms with van der Waals surface area (Å²) >= 11 is 3.55. The molecule has 1 saturated carbocycles. The van der Waals surface area contributed by atoms with Crippen molar-refractivity contribution >= 4 is 15.9 Å². The molecule has 1 nitrogen and oxygen atoms in total. The number of rotatable bonds is 5. The van der Waals surface area contributed by atoms with Gasteiger partial charge in [0.1, 0.15) is 0 Å². The molecule has 0 bridgehead atoms. The molecule has 1 aliphatic rings. The lowest BCUT2D eigenvalue weighted by Gasteiger charge is -2.20. The maximum absolute atomic E-state index is 3.65. The lowest BCUT2D eigenvalue weighted by Crippen LogP contribution is -2.34. The molecule has 2 atom stereocenters. The van der Waals surface area contributed by atoms with Crippen molar-refractivity contribution in [2.24, 2.45) is 11.3 Å². The Kier molecular flexibility index (Phi) is 3.94. The highest BCUT2D eigenvalue weighted by Crippen LogP contribution is 2.54. The maximum atomic E-state index is 3.65. The van der Waals surface area contributed by atoms with Crippen LogP contribution >= 0.6 is 15.9 Å². The smallest absolute Gasteiger partial charge is 0.0178 e. The second-order valence-corrected chi connectivity index (χ2v) is 6.71. The van der Waals surface area contributed by atoms with E-state index in [1.54, 1.807) is 0 Å². The first kappa shape index (κ1) is 13.1. The Balaban J connectivity index is 2.03. The minimum Gasteiger partial charge on any atom is -0.314 e. The summed E-state index contributed by atoms with van der Waals surface area (Å²) in [5.41, 5.74) is 1.96. The van der Waals surface area contributed by atoms with E-state index in [-0.39, 0.29) is 0 Å². The van der Waals surface area contributed by atoms with Crippen molar-refractivity contribution in [3.63, 3.8) is 0 Å². The fourth-order valence-corrected chi connectivity index (χ4v) is 3.18. The molecule has 0 spiro atoms. The van der Waals surface area contributed by atoms with Gasteiger partial charge in [-0.1, -0.05) is 48.8 Å². The van der Waals surface area contributed by atoms with Gasteiger partial charge in [-0.25, -0.2) is 0 Å². The molecule has 17 heavy (non-hydrogen) atoms. The molecule has 1 aliphatic carbocycles. The zero-order chi connectivity index (χ0) is 12.5. The maximum Gasteiger partial charge on any atom is 0.0178 e. The second-order valence-electron chi connectivity index (χ2n) is 5.80. The van der Waals surface area contributed by atoms with Crippen LogP contribution < -0.4 is 5.32 Å². The van der Waals surface area contributed by atoms with Crippen LogP contribution in [-0.4, -0.2) is 12.6 Å². The summed E-state index contributed by atoms with van der Waals surface area (Å²) in [6, 6.07) is 9.31. The molecule has 0 aromatic heterocycles. The van der Waals surface area contributed by atoms with Crippen molar-refractivity contribution in [2.45, 2.75) is 39.7 Å². The summed E-state index contributed by atoms with van der Waals surface area (Å²) in [5.74, 6) is 0.835. The first-order valence-electron chi connectivity index (χ1n) is 6.51. The van der Waals surface area contributed by atoms with E-state index in [2.05, 4.69) is 66.3 Å². The molecule has 0 heterocycles. The van der Waals surface area contributed by atoms with Gasteiger partial charge in [-0.3, -0.25) is 0 Å². The Morgan fingerprint density at radius 1 is 1.47 bits per heavy atom. The van der Waals surface area contributed by atoms with Crippen molar-refractivity contribution in [3.8, 4) is 0 Å². The fraction of sp³-hybridized carbons (Fsp3) is 0.600. The van der Waals surface area contributed by atoms with Crippen LogP contribution in [0.3, 0.4) is 0 Å². The van der Waals surface area contributed by atoms with Crippen LogP contribution in [-0.2, 0) is 6.42 Å². The Labute approximate surface area is 113 Å². The number of likely N-dealkylation sites (N-methyl/N-ethyl adjacent to an activating group) is 1. The van der Waals surface area contributed by atoms with Gasteiger partial charge >= 0.3 is 0 Å². The van der Waals surface area contributed by atoms with E-state index in [1.807, 2.05) is 0 Å². The molecule has 1 fully saturated rings. The predicted molar refractivity (Wildman–Crippen MR) is 77.2 cm³/mol. The lowest BCUT2D eigenvalue weighted by molar-refractivity contribution is 0.409. The minimum atomic E-state index is 0.541. The predicted octanol–water partition coefficient (Wildman–Crippen LogP) is 4.02. The van der Waals surface area contributed by atoms with Crippen molar-refractivity contribution in [1.29, 1.82) is 0 Å². The first-order chi connectivity index (χ1) is 8.03. The molecule has 2 rings (SSSR count). The van der Waals surface area contributed by atoms with Crippen LogP contribution in [0.25, 0.3) is 0 Å². The molecule has 0 saturated heterocycles. The average Bonchev–Trinajstić information content (AvgIpc) is 2.87. The van der Waals surface area contributed by atoms with Gasteiger partial charge in [0.15, 0.2) is 0 Å². The van der Waals surface area contributed by atoms with Gasteiger partial charge in [-0.05, 0) is 48.4 Å². The number of nitrogens with one attached hydrogen (secondary N) is 1. The van der Waals surface area contributed by atoms with Gasteiger partial charge in [-0.2, -0.15) is 0 Å². The Morgan fingerprint density at radius 2 is 2.18 bits per heavy atom. The highest BCUT2D eigenvalue weighted by atomic mass is 79.9. The molecule has 2 heteroatoms. The Bertz CT molecular complexity index is 386. The molecule has 1 N–H and O–H groups in total. The molecular weight excluding hydrogens is 274 g/mol. The zero-order valence-corrected chi connectivity index (χ0v) is 12.5. The van der Waals surface area contributed by atoms with Crippen molar-refractivity contribution < 1.29 is 0 Å². The van der Waals surface area contributed by atoms with Gasteiger partial charge in [-0.15, -0.1) is 0 Å². The van der Waals surface area contributed by atoms with Gasteiger partial charge in [0.05, 0.1) is 0 Å². The van der Waals surface area contributed by atoms with E-state index in [0.29, 0.717) is 11.5 Å². The van der Waals surface area contributed by atoms with Gasteiger partial charge < -0.3 is 5.32 Å². The van der Waals surface area contributed by atoms with Crippen LogP contribution in [0.4, 0.5) is 0 Å². The molecule has 0 aliphatic heterocycles. The van der Waals surface area contributed by atoms with Gasteiger partial charge in [0, 0.05) is 10.5 Å². The number of hydrogen-bond acceptors (Lipinski definition) is 1. The number of benzene rings is 1.